The Morgan fingerprint density at radius 1 is 1.19 bits per heavy atom. The number of rotatable bonds is 7. The zero-order chi connectivity index (χ0) is 18.4. The second-order valence-corrected chi connectivity index (χ2v) is 6.33. The molecule has 1 aromatic carbocycles. The molecular formula is C19H25N5O2. The van der Waals surface area contributed by atoms with Gasteiger partial charge in [-0.15, -0.1) is 0 Å². The second kappa shape index (κ2) is 8.62. The van der Waals surface area contributed by atoms with Gasteiger partial charge < -0.3 is 20.3 Å². The van der Waals surface area contributed by atoms with Crippen LogP contribution in [0.4, 0.5) is 17.3 Å². The van der Waals surface area contributed by atoms with Crippen LogP contribution in [0.3, 0.4) is 0 Å². The highest BCUT2D eigenvalue weighted by Gasteiger charge is 2.13. The maximum Gasteiger partial charge on any atom is 0.274 e. The van der Waals surface area contributed by atoms with Crippen LogP contribution in [-0.4, -0.2) is 49.2 Å². The van der Waals surface area contributed by atoms with E-state index in [1.54, 1.807) is 13.2 Å². The third-order valence-corrected chi connectivity index (χ3v) is 4.27. The molecule has 2 heterocycles. The van der Waals surface area contributed by atoms with Crippen LogP contribution in [0.15, 0.2) is 30.3 Å². The van der Waals surface area contributed by atoms with Gasteiger partial charge in [0.25, 0.3) is 5.91 Å². The van der Waals surface area contributed by atoms with Gasteiger partial charge in [-0.25, -0.2) is 9.97 Å². The summed E-state index contributed by atoms with van der Waals surface area (Å²) in [5.74, 6) is 0.177. The molecule has 0 saturated carbocycles. The van der Waals surface area contributed by atoms with Crippen molar-refractivity contribution in [1.29, 1.82) is 0 Å². The van der Waals surface area contributed by atoms with Gasteiger partial charge in [-0.2, -0.15) is 0 Å². The van der Waals surface area contributed by atoms with Gasteiger partial charge in [0.2, 0.25) is 5.95 Å². The van der Waals surface area contributed by atoms with Crippen molar-refractivity contribution >= 4 is 23.2 Å². The number of amides is 1. The number of hydrogen-bond donors (Lipinski definition) is 2. The quantitative estimate of drug-likeness (QED) is 0.744. The van der Waals surface area contributed by atoms with Crippen LogP contribution in [-0.2, 0) is 4.74 Å². The number of carbonyl (C=O) groups excluding carboxylic acids is 1. The van der Waals surface area contributed by atoms with Crippen molar-refractivity contribution in [3.63, 3.8) is 0 Å². The number of nitrogens with one attached hydrogen (secondary N) is 2. The molecule has 0 radical (unpaired) electrons. The number of aryl methyl sites for hydroxylation is 1. The maximum atomic E-state index is 12.5. The van der Waals surface area contributed by atoms with E-state index in [-0.39, 0.29) is 5.91 Å². The first-order valence-corrected chi connectivity index (χ1v) is 8.90. The van der Waals surface area contributed by atoms with Crippen molar-refractivity contribution in [2.45, 2.75) is 19.8 Å². The molecule has 7 nitrogen and oxygen atoms in total. The summed E-state index contributed by atoms with van der Waals surface area (Å²) in [5, 5.41) is 5.95. The lowest BCUT2D eigenvalue weighted by Gasteiger charge is -2.17. The number of nitrogens with zero attached hydrogens (tertiary/aromatic N) is 3. The Labute approximate surface area is 153 Å². The summed E-state index contributed by atoms with van der Waals surface area (Å²) in [6, 6.07) is 9.62. The topological polar surface area (TPSA) is 79.4 Å². The summed E-state index contributed by atoms with van der Waals surface area (Å²) < 4.78 is 5.00. The Morgan fingerprint density at radius 3 is 2.62 bits per heavy atom. The van der Waals surface area contributed by atoms with Gasteiger partial charge in [-0.3, -0.25) is 4.79 Å². The molecule has 0 aliphatic carbocycles. The SMILES string of the molecule is COCCNc1nc(C)cc(C(=O)Nc2ccc(N3CCCC3)cc2)n1. The summed E-state index contributed by atoms with van der Waals surface area (Å²) >= 11 is 0. The fourth-order valence-electron chi connectivity index (χ4n) is 2.95. The first-order chi connectivity index (χ1) is 12.7. The van der Waals surface area contributed by atoms with E-state index in [1.807, 2.05) is 31.2 Å². The van der Waals surface area contributed by atoms with E-state index >= 15 is 0 Å². The van der Waals surface area contributed by atoms with E-state index in [0.29, 0.717) is 24.8 Å². The van der Waals surface area contributed by atoms with Gasteiger partial charge in [0, 0.05) is 43.8 Å². The van der Waals surface area contributed by atoms with E-state index in [4.69, 9.17) is 4.74 Å². The van der Waals surface area contributed by atoms with Crippen molar-refractivity contribution in [2.75, 3.05) is 48.9 Å². The molecule has 1 aromatic heterocycles. The normalized spacial score (nSPS) is 13.7. The van der Waals surface area contributed by atoms with Gasteiger partial charge >= 0.3 is 0 Å². The molecule has 7 heteroatoms. The fraction of sp³-hybridized carbons (Fsp3) is 0.421. The molecule has 0 spiro atoms. The first kappa shape index (κ1) is 18.1. The molecule has 0 unspecified atom stereocenters. The summed E-state index contributed by atoms with van der Waals surface area (Å²) in [6.07, 6.45) is 2.48. The molecule has 1 aliphatic heterocycles. The third-order valence-electron chi connectivity index (χ3n) is 4.27. The van der Waals surface area contributed by atoms with E-state index in [2.05, 4.69) is 25.5 Å². The Morgan fingerprint density at radius 2 is 1.92 bits per heavy atom. The zero-order valence-corrected chi connectivity index (χ0v) is 15.3. The van der Waals surface area contributed by atoms with Crippen molar-refractivity contribution < 1.29 is 9.53 Å². The first-order valence-electron chi connectivity index (χ1n) is 8.90. The predicted octanol–water partition coefficient (Wildman–Crippen LogP) is 2.70. The Balaban J connectivity index is 1.65. The Hall–Kier alpha value is -2.67. The van der Waals surface area contributed by atoms with Gasteiger partial charge in [0.05, 0.1) is 6.61 Å². The van der Waals surface area contributed by atoms with Crippen LogP contribution >= 0.6 is 0 Å². The minimum atomic E-state index is -0.251. The number of carbonyl (C=O) groups is 1. The van der Waals surface area contributed by atoms with Crippen LogP contribution in [0.2, 0.25) is 0 Å². The number of ether oxygens (including phenoxy) is 1. The number of aromatic nitrogens is 2. The number of anilines is 3. The minimum absolute atomic E-state index is 0.251. The van der Waals surface area contributed by atoms with Crippen molar-refractivity contribution in [1.82, 2.24) is 9.97 Å². The van der Waals surface area contributed by atoms with Gasteiger partial charge in [-0.1, -0.05) is 0 Å². The maximum absolute atomic E-state index is 12.5. The van der Waals surface area contributed by atoms with Gasteiger partial charge in [0.15, 0.2) is 0 Å². The Bertz CT molecular complexity index is 742. The van der Waals surface area contributed by atoms with E-state index in [9.17, 15) is 4.79 Å². The predicted molar refractivity (Wildman–Crippen MR) is 103 cm³/mol. The monoisotopic (exact) mass is 355 g/mol. The molecule has 0 bridgehead atoms. The lowest BCUT2D eigenvalue weighted by atomic mass is 10.2. The van der Waals surface area contributed by atoms with E-state index < -0.39 is 0 Å². The zero-order valence-electron chi connectivity index (χ0n) is 15.3. The summed E-state index contributed by atoms with van der Waals surface area (Å²) in [6.45, 7) is 5.17. The highest BCUT2D eigenvalue weighted by atomic mass is 16.5. The van der Waals surface area contributed by atoms with Crippen molar-refractivity contribution in [2.24, 2.45) is 0 Å². The summed E-state index contributed by atoms with van der Waals surface area (Å²) in [5.41, 5.74) is 3.02. The van der Waals surface area contributed by atoms with E-state index in [0.717, 1.165) is 24.5 Å². The largest absolute Gasteiger partial charge is 0.383 e. The molecule has 3 rings (SSSR count). The molecule has 1 amide bonds. The number of benzene rings is 1. The summed E-state index contributed by atoms with van der Waals surface area (Å²) in [7, 11) is 1.63. The lowest BCUT2D eigenvalue weighted by molar-refractivity contribution is 0.102. The molecule has 1 saturated heterocycles. The van der Waals surface area contributed by atoms with Crippen LogP contribution < -0.4 is 15.5 Å². The molecule has 2 aromatic rings. The van der Waals surface area contributed by atoms with Crippen LogP contribution in [0.5, 0.6) is 0 Å². The molecule has 1 fully saturated rings. The molecule has 2 N–H and O–H groups in total. The second-order valence-electron chi connectivity index (χ2n) is 6.33. The van der Waals surface area contributed by atoms with Crippen LogP contribution in [0.1, 0.15) is 29.0 Å². The lowest BCUT2D eigenvalue weighted by Crippen LogP contribution is -2.18. The average Bonchev–Trinajstić information content (AvgIpc) is 3.17. The van der Waals surface area contributed by atoms with Gasteiger partial charge in [-0.05, 0) is 50.1 Å². The molecule has 1 aliphatic rings. The molecule has 0 atom stereocenters. The molecule has 26 heavy (non-hydrogen) atoms. The summed E-state index contributed by atoms with van der Waals surface area (Å²) in [4.78, 5) is 23.5. The average molecular weight is 355 g/mol. The Kier molecular flexibility index (Phi) is 6.01. The standard InChI is InChI=1S/C19H25N5O2/c1-14-13-17(23-19(21-14)20-9-12-26-2)18(25)22-15-5-7-16(8-6-15)24-10-3-4-11-24/h5-8,13H,3-4,9-12H2,1-2H3,(H,22,25)(H,20,21,23). The molecular weight excluding hydrogens is 330 g/mol. The smallest absolute Gasteiger partial charge is 0.274 e. The van der Waals surface area contributed by atoms with Crippen molar-refractivity contribution in [3.05, 3.63) is 41.7 Å². The minimum Gasteiger partial charge on any atom is -0.383 e. The van der Waals surface area contributed by atoms with Crippen LogP contribution in [0.25, 0.3) is 0 Å². The fourth-order valence-corrected chi connectivity index (χ4v) is 2.95. The van der Waals surface area contributed by atoms with Crippen molar-refractivity contribution in [3.8, 4) is 0 Å². The van der Waals surface area contributed by atoms with E-state index in [1.165, 1.54) is 18.5 Å². The van der Waals surface area contributed by atoms with Crippen LogP contribution in [0, 0.1) is 6.92 Å². The van der Waals surface area contributed by atoms with Gasteiger partial charge in [0.1, 0.15) is 5.69 Å². The molecule has 138 valence electrons. The third kappa shape index (κ3) is 4.70. The highest BCUT2D eigenvalue weighted by Crippen LogP contribution is 2.22. The number of hydrogen-bond acceptors (Lipinski definition) is 6. The number of methoxy groups -OCH3 is 1. The highest BCUT2D eigenvalue weighted by molar-refractivity contribution is 6.03.